The SMILES string of the molecule is C=CCOc1ccc(C2NC(CCCC)C(=O)N2C)cc1. The molecule has 2 unspecified atom stereocenters. The summed E-state index contributed by atoms with van der Waals surface area (Å²) in [5.41, 5.74) is 1.08. The third kappa shape index (κ3) is 3.64. The molecule has 1 aromatic rings. The van der Waals surface area contributed by atoms with E-state index >= 15 is 0 Å². The molecule has 4 nitrogen and oxygen atoms in total. The maximum atomic E-state index is 12.2. The molecule has 2 atom stereocenters. The van der Waals surface area contributed by atoms with Crippen molar-refractivity contribution in [3.05, 3.63) is 42.5 Å². The summed E-state index contributed by atoms with van der Waals surface area (Å²) in [6, 6.07) is 7.80. The topological polar surface area (TPSA) is 41.6 Å². The van der Waals surface area contributed by atoms with Gasteiger partial charge in [-0.25, -0.2) is 0 Å². The number of benzene rings is 1. The van der Waals surface area contributed by atoms with Crippen molar-refractivity contribution < 1.29 is 9.53 Å². The molecule has 1 saturated heterocycles. The van der Waals surface area contributed by atoms with Gasteiger partial charge in [0.2, 0.25) is 5.91 Å². The Labute approximate surface area is 126 Å². The van der Waals surface area contributed by atoms with E-state index < -0.39 is 0 Å². The van der Waals surface area contributed by atoms with Gasteiger partial charge in [0.1, 0.15) is 18.5 Å². The van der Waals surface area contributed by atoms with Crippen LogP contribution < -0.4 is 10.1 Å². The Hall–Kier alpha value is -1.81. The zero-order valence-electron chi connectivity index (χ0n) is 12.8. The molecule has 1 amide bonds. The van der Waals surface area contributed by atoms with E-state index in [2.05, 4.69) is 18.8 Å². The zero-order chi connectivity index (χ0) is 15.2. The summed E-state index contributed by atoms with van der Waals surface area (Å²) < 4.78 is 5.48. The fourth-order valence-electron chi connectivity index (χ4n) is 2.58. The Morgan fingerprint density at radius 2 is 2.10 bits per heavy atom. The van der Waals surface area contributed by atoms with Gasteiger partial charge in [-0.05, 0) is 24.1 Å². The van der Waals surface area contributed by atoms with Gasteiger partial charge in [-0.15, -0.1) is 0 Å². The first-order chi connectivity index (χ1) is 10.2. The van der Waals surface area contributed by atoms with Gasteiger partial charge in [0.25, 0.3) is 0 Å². The normalized spacial score (nSPS) is 21.6. The minimum atomic E-state index is -0.0587. The lowest BCUT2D eigenvalue weighted by molar-refractivity contribution is -0.128. The first-order valence-corrected chi connectivity index (χ1v) is 7.53. The number of hydrogen-bond donors (Lipinski definition) is 1. The largest absolute Gasteiger partial charge is 0.490 e. The van der Waals surface area contributed by atoms with Crippen LogP contribution >= 0.6 is 0 Å². The maximum absolute atomic E-state index is 12.2. The quantitative estimate of drug-likeness (QED) is 0.784. The van der Waals surface area contributed by atoms with E-state index in [1.807, 2.05) is 31.3 Å². The number of unbranched alkanes of at least 4 members (excludes halogenated alkanes) is 1. The molecule has 1 N–H and O–H groups in total. The Morgan fingerprint density at radius 1 is 1.38 bits per heavy atom. The van der Waals surface area contributed by atoms with Gasteiger partial charge < -0.3 is 9.64 Å². The number of likely N-dealkylation sites (N-methyl/N-ethyl adjacent to an activating group) is 1. The van der Waals surface area contributed by atoms with Crippen molar-refractivity contribution in [2.75, 3.05) is 13.7 Å². The van der Waals surface area contributed by atoms with Crippen molar-refractivity contribution in [3.63, 3.8) is 0 Å². The minimum Gasteiger partial charge on any atom is -0.490 e. The van der Waals surface area contributed by atoms with Crippen LogP contribution in [0.3, 0.4) is 0 Å². The van der Waals surface area contributed by atoms with Crippen LogP contribution in [0.1, 0.15) is 37.9 Å². The summed E-state index contributed by atoms with van der Waals surface area (Å²) in [4.78, 5) is 14.0. The monoisotopic (exact) mass is 288 g/mol. The van der Waals surface area contributed by atoms with Crippen LogP contribution in [-0.2, 0) is 4.79 Å². The molecule has 0 bridgehead atoms. The molecule has 1 fully saturated rings. The van der Waals surface area contributed by atoms with Crippen LogP contribution in [0.2, 0.25) is 0 Å². The molecule has 1 heterocycles. The van der Waals surface area contributed by atoms with Crippen molar-refractivity contribution in [1.29, 1.82) is 0 Å². The van der Waals surface area contributed by atoms with E-state index in [1.54, 1.807) is 11.0 Å². The van der Waals surface area contributed by atoms with Crippen LogP contribution in [-0.4, -0.2) is 30.5 Å². The van der Waals surface area contributed by atoms with Crippen LogP contribution in [0, 0.1) is 0 Å². The Bertz CT molecular complexity index is 484. The number of amides is 1. The lowest BCUT2D eigenvalue weighted by Gasteiger charge is -2.20. The first kappa shape index (κ1) is 15.6. The Kier molecular flexibility index (Phi) is 5.39. The zero-order valence-corrected chi connectivity index (χ0v) is 12.8. The summed E-state index contributed by atoms with van der Waals surface area (Å²) >= 11 is 0. The number of carbonyl (C=O) groups is 1. The van der Waals surface area contributed by atoms with Gasteiger partial charge in [0.05, 0.1) is 6.04 Å². The van der Waals surface area contributed by atoms with Crippen molar-refractivity contribution in [1.82, 2.24) is 10.2 Å². The smallest absolute Gasteiger partial charge is 0.241 e. The third-order valence-corrected chi connectivity index (χ3v) is 3.80. The van der Waals surface area contributed by atoms with Gasteiger partial charge in [-0.1, -0.05) is 44.6 Å². The first-order valence-electron chi connectivity index (χ1n) is 7.53. The number of hydrogen-bond acceptors (Lipinski definition) is 3. The highest BCUT2D eigenvalue weighted by molar-refractivity contribution is 5.84. The van der Waals surface area contributed by atoms with Gasteiger partial charge in [0, 0.05) is 7.05 Å². The van der Waals surface area contributed by atoms with E-state index in [1.165, 1.54) is 0 Å². The number of carbonyl (C=O) groups excluding carboxylic acids is 1. The molecular weight excluding hydrogens is 264 g/mol. The van der Waals surface area contributed by atoms with Crippen LogP contribution in [0.25, 0.3) is 0 Å². The molecule has 0 aromatic heterocycles. The summed E-state index contributed by atoms with van der Waals surface area (Å²) in [6.07, 6.45) is 4.74. The van der Waals surface area contributed by atoms with Crippen molar-refractivity contribution in [2.24, 2.45) is 0 Å². The summed E-state index contributed by atoms with van der Waals surface area (Å²) in [5.74, 6) is 0.994. The third-order valence-electron chi connectivity index (χ3n) is 3.80. The van der Waals surface area contributed by atoms with E-state index in [0.717, 1.165) is 30.6 Å². The van der Waals surface area contributed by atoms with Crippen molar-refractivity contribution in [2.45, 2.75) is 38.4 Å². The molecule has 0 radical (unpaired) electrons. The van der Waals surface area contributed by atoms with Crippen molar-refractivity contribution >= 4 is 5.91 Å². The highest BCUT2D eigenvalue weighted by atomic mass is 16.5. The summed E-state index contributed by atoms with van der Waals surface area (Å²) in [7, 11) is 1.86. The van der Waals surface area contributed by atoms with Gasteiger partial charge in [-0.2, -0.15) is 0 Å². The highest BCUT2D eigenvalue weighted by Gasteiger charge is 2.36. The fourth-order valence-corrected chi connectivity index (χ4v) is 2.58. The maximum Gasteiger partial charge on any atom is 0.241 e. The number of ether oxygens (including phenoxy) is 1. The van der Waals surface area contributed by atoms with Crippen LogP contribution in [0.5, 0.6) is 5.75 Å². The Morgan fingerprint density at radius 3 is 2.71 bits per heavy atom. The minimum absolute atomic E-state index is 0.0483. The molecule has 2 rings (SSSR count). The lowest BCUT2D eigenvalue weighted by Crippen LogP contribution is -2.28. The molecule has 1 aliphatic heterocycles. The number of nitrogens with one attached hydrogen (secondary N) is 1. The molecule has 114 valence electrons. The molecule has 1 aromatic carbocycles. The highest BCUT2D eigenvalue weighted by Crippen LogP contribution is 2.27. The van der Waals surface area contributed by atoms with Crippen LogP contribution in [0.4, 0.5) is 0 Å². The second-order valence-corrected chi connectivity index (χ2v) is 5.38. The number of rotatable bonds is 7. The second-order valence-electron chi connectivity index (χ2n) is 5.38. The average molecular weight is 288 g/mol. The predicted octanol–water partition coefficient (Wildman–Crippen LogP) is 2.87. The average Bonchev–Trinajstić information content (AvgIpc) is 2.79. The standard InChI is InChI=1S/C17H24N2O2/c1-4-6-7-15-17(20)19(3)16(18-15)13-8-10-14(11-9-13)21-12-5-2/h5,8-11,15-16,18H,2,4,6-7,12H2,1,3H3. The number of nitrogens with zero attached hydrogens (tertiary/aromatic N) is 1. The Balaban J connectivity index is 2.04. The second kappa shape index (κ2) is 7.27. The lowest BCUT2D eigenvalue weighted by atomic mass is 10.1. The molecular formula is C17H24N2O2. The van der Waals surface area contributed by atoms with Gasteiger partial charge in [0.15, 0.2) is 0 Å². The predicted molar refractivity (Wildman–Crippen MR) is 84.1 cm³/mol. The fraction of sp³-hybridized carbons (Fsp3) is 0.471. The van der Waals surface area contributed by atoms with Gasteiger partial charge >= 0.3 is 0 Å². The van der Waals surface area contributed by atoms with E-state index in [-0.39, 0.29) is 18.1 Å². The molecule has 0 saturated carbocycles. The summed E-state index contributed by atoms with van der Waals surface area (Å²) in [5, 5.41) is 3.42. The molecule has 21 heavy (non-hydrogen) atoms. The molecule has 1 aliphatic rings. The molecule has 0 aliphatic carbocycles. The molecule has 0 spiro atoms. The van der Waals surface area contributed by atoms with E-state index in [9.17, 15) is 4.79 Å². The molecule has 4 heteroatoms. The van der Waals surface area contributed by atoms with Crippen LogP contribution in [0.15, 0.2) is 36.9 Å². The van der Waals surface area contributed by atoms with Crippen molar-refractivity contribution in [3.8, 4) is 5.75 Å². The summed E-state index contributed by atoms with van der Waals surface area (Å²) in [6.45, 7) is 6.27. The van der Waals surface area contributed by atoms with Gasteiger partial charge in [-0.3, -0.25) is 10.1 Å². The van der Waals surface area contributed by atoms with E-state index in [0.29, 0.717) is 6.61 Å². The van der Waals surface area contributed by atoms with E-state index in [4.69, 9.17) is 4.74 Å².